The molecule has 0 bridgehead atoms. The van der Waals surface area contributed by atoms with Crippen LogP contribution in [0.1, 0.15) is 27.0 Å². The molecule has 1 aliphatic carbocycles. The minimum atomic E-state index is -0.167. The second-order valence-corrected chi connectivity index (χ2v) is 4.61. The van der Waals surface area contributed by atoms with E-state index >= 15 is 0 Å². The van der Waals surface area contributed by atoms with Crippen molar-refractivity contribution in [2.24, 2.45) is 0 Å². The van der Waals surface area contributed by atoms with E-state index < -0.39 is 0 Å². The van der Waals surface area contributed by atoms with Gasteiger partial charge < -0.3 is 0 Å². The Labute approximate surface area is 111 Å². The maximum Gasteiger partial charge on any atom is 0.204 e. The maximum absolute atomic E-state index is 12.3. The summed E-state index contributed by atoms with van der Waals surface area (Å²) < 4.78 is 0. The summed E-state index contributed by atoms with van der Waals surface area (Å²) in [5.74, 6) is -0.167. The normalized spacial score (nSPS) is 13.4. The van der Waals surface area contributed by atoms with Crippen molar-refractivity contribution < 1.29 is 4.79 Å². The second-order valence-electron chi connectivity index (χ2n) is 4.61. The van der Waals surface area contributed by atoms with E-state index in [2.05, 4.69) is 6.07 Å². The molecule has 2 nitrogen and oxygen atoms in total. The predicted octanol–water partition coefficient (Wildman–Crippen LogP) is 3.52. The lowest BCUT2D eigenvalue weighted by Gasteiger charge is -2.05. The van der Waals surface area contributed by atoms with E-state index in [9.17, 15) is 10.1 Å². The van der Waals surface area contributed by atoms with Gasteiger partial charge in [0, 0.05) is 11.1 Å². The van der Waals surface area contributed by atoms with Crippen molar-refractivity contribution >= 4 is 11.4 Å². The predicted molar refractivity (Wildman–Crippen MR) is 73.6 cm³/mol. The summed E-state index contributed by atoms with van der Waals surface area (Å²) in [4.78, 5) is 12.3. The Bertz CT molecular complexity index is 749. The van der Waals surface area contributed by atoms with E-state index in [1.54, 1.807) is 0 Å². The fraction of sp³-hybridized carbons (Fsp3) is 0.0588. The van der Waals surface area contributed by atoms with Crippen LogP contribution in [-0.2, 0) is 0 Å². The van der Waals surface area contributed by atoms with Crippen LogP contribution >= 0.6 is 0 Å². The van der Waals surface area contributed by atoms with Crippen LogP contribution < -0.4 is 0 Å². The number of allylic oxidation sites excluding steroid dienone is 1. The van der Waals surface area contributed by atoms with Gasteiger partial charge >= 0.3 is 0 Å². The molecule has 0 amide bonds. The lowest BCUT2D eigenvalue weighted by atomic mass is 9.97. The van der Waals surface area contributed by atoms with Gasteiger partial charge in [-0.15, -0.1) is 0 Å². The average Bonchev–Trinajstić information content (AvgIpc) is 2.72. The molecule has 0 spiro atoms. The monoisotopic (exact) mass is 245 g/mol. The first-order valence-electron chi connectivity index (χ1n) is 6.08. The van der Waals surface area contributed by atoms with E-state index in [-0.39, 0.29) is 11.4 Å². The largest absolute Gasteiger partial charge is 0.288 e. The molecule has 0 aromatic heterocycles. The molecule has 0 atom stereocenters. The number of hydrogen-bond donors (Lipinski definition) is 0. The van der Waals surface area contributed by atoms with E-state index in [4.69, 9.17) is 0 Å². The van der Waals surface area contributed by atoms with Crippen molar-refractivity contribution in [3.05, 3.63) is 76.4 Å². The first-order chi connectivity index (χ1) is 9.22. The van der Waals surface area contributed by atoms with Gasteiger partial charge in [0.2, 0.25) is 5.78 Å². The number of nitriles is 1. The summed E-state index contributed by atoms with van der Waals surface area (Å²) in [5, 5.41) is 9.28. The molecule has 0 fully saturated rings. The molecule has 0 radical (unpaired) electrons. The van der Waals surface area contributed by atoms with Crippen molar-refractivity contribution in [1.82, 2.24) is 0 Å². The van der Waals surface area contributed by atoms with Gasteiger partial charge in [0.1, 0.15) is 11.6 Å². The fourth-order valence-electron chi connectivity index (χ4n) is 2.46. The Kier molecular flexibility index (Phi) is 2.54. The third kappa shape index (κ3) is 1.68. The third-order valence-electron chi connectivity index (χ3n) is 3.34. The highest BCUT2D eigenvalue weighted by Crippen LogP contribution is 2.37. The number of nitrogens with zero attached hydrogens (tertiary/aromatic N) is 1. The molecule has 2 heteroatoms. The van der Waals surface area contributed by atoms with Gasteiger partial charge in [0.25, 0.3) is 0 Å². The smallest absolute Gasteiger partial charge is 0.204 e. The Morgan fingerprint density at radius 3 is 2.42 bits per heavy atom. The van der Waals surface area contributed by atoms with Crippen molar-refractivity contribution in [3.63, 3.8) is 0 Å². The van der Waals surface area contributed by atoms with Crippen LogP contribution in [0.3, 0.4) is 0 Å². The lowest BCUT2D eigenvalue weighted by Crippen LogP contribution is -1.96. The molecule has 0 N–H and O–H groups in total. The number of Topliss-reactive ketones (excluding diaryl/α,β-unsaturated/α-hetero) is 1. The molecular weight excluding hydrogens is 234 g/mol. The number of aryl methyl sites for hydroxylation is 1. The molecule has 2 aromatic rings. The summed E-state index contributed by atoms with van der Waals surface area (Å²) in [6.07, 6.45) is 0. The molecule has 0 heterocycles. The van der Waals surface area contributed by atoms with E-state index in [0.717, 1.165) is 22.3 Å². The van der Waals surface area contributed by atoms with Gasteiger partial charge in [-0.05, 0) is 24.1 Å². The molecule has 0 aliphatic heterocycles. The van der Waals surface area contributed by atoms with Crippen molar-refractivity contribution in [2.45, 2.75) is 6.92 Å². The molecular formula is C17H11NO. The summed E-state index contributed by atoms with van der Waals surface area (Å²) in [6, 6.07) is 17.4. The molecule has 19 heavy (non-hydrogen) atoms. The number of rotatable bonds is 1. The molecule has 3 rings (SSSR count). The zero-order valence-electron chi connectivity index (χ0n) is 10.5. The molecule has 0 saturated heterocycles. The van der Waals surface area contributed by atoms with Crippen LogP contribution in [0.5, 0.6) is 0 Å². The van der Waals surface area contributed by atoms with Gasteiger partial charge in [-0.2, -0.15) is 5.26 Å². The molecule has 2 aromatic carbocycles. The Morgan fingerprint density at radius 1 is 1.00 bits per heavy atom. The van der Waals surface area contributed by atoms with Gasteiger partial charge in [0.15, 0.2) is 0 Å². The summed E-state index contributed by atoms with van der Waals surface area (Å²) in [6.45, 7) is 1.94. The summed E-state index contributed by atoms with van der Waals surface area (Å²) in [7, 11) is 0. The quantitative estimate of drug-likeness (QED) is 0.771. The minimum absolute atomic E-state index is 0.167. The topological polar surface area (TPSA) is 40.9 Å². The van der Waals surface area contributed by atoms with Gasteiger partial charge in [0.05, 0.1) is 0 Å². The van der Waals surface area contributed by atoms with Gasteiger partial charge in [-0.3, -0.25) is 4.79 Å². The lowest BCUT2D eigenvalue weighted by molar-refractivity contribution is 0.104. The first kappa shape index (κ1) is 11.4. The van der Waals surface area contributed by atoms with Crippen LogP contribution in [0.4, 0.5) is 0 Å². The summed E-state index contributed by atoms with van der Waals surface area (Å²) >= 11 is 0. The van der Waals surface area contributed by atoms with E-state index in [1.807, 2.05) is 55.5 Å². The van der Waals surface area contributed by atoms with Gasteiger partial charge in [-0.1, -0.05) is 48.0 Å². The number of carbonyl (C=O) groups is 1. The minimum Gasteiger partial charge on any atom is -0.288 e. The van der Waals surface area contributed by atoms with E-state index in [1.165, 1.54) is 0 Å². The highest BCUT2D eigenvalue weighted by atomic mass is 16.1. The van der Waals surface area contributed by atoms with E-state index in [0.29, 0.717) is 5.56 Å². The van der Waals surface area contributed by atoms with Gasteiger partial charge in [-0.25, -0.2) is 0 Å². The second kappa shape index (κ2) is 4.22. The number of hydrogen-bond acceptors (Lipinski definition) is 2. The summed E-state index contributed by atoms with van der Waals surface area (Å²) in [5.41, 5.74) is 4.43. The highest BCUT2D eigenvalue weighted by Gasteiger charge is 2.30. The number of benzene rings is 2. The molecule has 0 unspecified atom stereocenters. The average molecular weight is 245 g/mol. The molecule has 1 aliphatic rings. The molecule has 90 valence electrons. The van der Waals surface area contributed by atoms with Crippen molar-refractivity contribution in [2.75, 3.05) is 0 Å². The number of fused-ring (bicyclic) bond motifs is 1. The van der Waals surface area contributed by atoms with Crippen LogP contribution in [0.25, 0.3) is 5.57 Å². The Hall–Kier alpha value is -2.66. The highest BCUT2D eigenvalue weighted by molar-refractivity contribution is 6.25. The molecule has 0 saturated carbocycles. The van der Waals surface area contributed by atoms with Crippen molar-refractivity contribution in [1.29, 1.82) is 5.26 Å². The van der Waals surface area contributed by atoms with Crippen molar-refractivity contribution in [3.8, 4) is 6.07 Å². The Balaban J connectivity index is 2.31. The SMILES string of the molecule is Cc1ccc2c(c1)C(=O)C(C#N)=C2c1ccccc1. The standard InChI is InChI=1S/C17H11NO/c1-11-7-8-13-14(9-11)17(19)15(10-18)16(13)12-5-3-2-4-6-12/h2-9H,1H3. The zero-order valence-corrected chi connectivity index (χ0v) is 10.5. The maximum atomic E-state index is 12.3. The number of ketones is 1. The Morgan fingerprint density at radius 2 is 1.74 bits per heavy atom. The van der Waals surface area contributed by atoms with Crippen LogP contribution in [0.15, 0.2) is 54.1 Å². The van der Waals surface area contributed by atoms with Crippen LogP contribution in [0, 0.1) is 18.3 Å². The van der Waals surface area contributed by atoms with Crippen LogP contribution in [-0.4, -0.2) is 5.78 Å². The fourth-order valence-corrected chi connectivity index (χ4v) is 2.46. The third-order valence-corrected chi connectivity index (χ3v) is 3.34. The number of carbonyl (C=O) groups excluding carboxylic acids is 1. The van der Waals surface area contributed by atoms with Crippen LogP contribution in [0.2, 0.25) is 0 Å². The first-order valence-corrected chi connectivity index (χ1v) is 6.08. The zero-order chi connectivity index (χ0) is 13.4.